The van der Waals surface area contributed by atoms with Crippen LogP contribution in [-0.2, 0) is 11.3 Å². The van der Waals surface area contributed by atoms with Crippen molar-refractivity contribution in [1.82, 2.24) is 19.9 Å². The number of aldehydes is 1. The largest absolute Gasteiger partial charge is 0.341 e. The lowest BCUT2D eigenvalue weighted by Gasteiger charge is -2.26. The lowest BCUT2D eigenvalue weighted by molar-refractivity contribution is -0.133. The topological polar surface area (TPSA) is 68.1 Å². The molecule has 0 radical (unpaired) electrons. The van der Waals surface area contributed by atoms with E-state index in [1.165, 1.54) is 10.9 Å². The monoisotopic (exact) mass is 266 g/mol. The number of nitrogens with zero attached hydrogens (tertiary/aromatic N) is 4. The van der Waals surface area contributed by atoms with Crippen LogP contribution in [0.25, 0.3) is 0 Å². The smallest absolute Gasteiger partial charge is 0.244 e. The number of carbonyl (C=O) groups excluding carboxylic acids is 2. The standard InChI is InChI=1S/C13H22N4O2/c1-10(2)5-16(6-11(3)4)13(19)8-17-7-12(9-18)14-15-17/h7,9-11H,5-6,8H2,1-4H3. The van der Waals surface area contributed by atoms with Gasteiger partial charge in [-0.05, 0) is 11.8 Å². The van der Waals surface area contributed by atoms with Crippen molar-refractivity contribution >= 4 is 12.2 Å². The Balaban J connectivity index is 2.67. The second-order valence-electron chi connectivity index (χ2n) is 5.55. The van der Waals surface area contributed by atoms with Gasteiger partial charge < -0.3 is 4.90 Å². The Kier molecular flexibility index (Phi) is 5.66. The third-order valence-electron chi connectivity index (χ3n) is 2.50. The average Bonchev–Trinajstić information content (AvgIpc) is 2.74. The van der Waals surface area contributed by atoms with Crippen molar-refractivity contribution in [2.24, 2.45) is 11.8 Å². The Morgan fingerprint density at radius 1 is 1.32 bits per heavy atom. The van der Waals surface area contributed by atoms with Crippen LogP contribution in [0.2, 0.25) is 0 Å². The molecule has 0 aliphatic heterocycles. The number of amides is 1. The summed E-state index contributed by atoms with van der Waals surface area (Å²) in [5.41, 5.74) is 0.243. The minimum atomic E-state index is 0.00440. The van der Waals surface area contributed by atoms with E-state index in [-0.39, 0.29) is 18.1 Å². The molecule has 19 heavy (non-hydrogen) atoms. The van der Waals surface area contributed by atoms with Gasteiger partial charge in [0, 0.05) is 13.1 Å². The van der Waals surface area contributed by atoms with E-state index in [2.05, 4.69) is 38.0 Å². The first-order valence-corrected chi connectivity index (χ1v) is 6.55. The molecule has 0 aromatic carbocycles. The summed E-state index contributed by atoms with van der Waals surface area (Å²) >= 11 is 0. The van der Waals surface area contributed by atoms with Crippen molar-refractivity contribution in [3.63, 3.8) is 0 Å². The Bertz CT molecular complexity index is 416. The Morgan fingerprint density at radius 2 is 1.89 bits per heavy atom. The van der Waals surface area contributed by atoms with E-state index in [0.29, 0.717) is 18.1 Å². The molecule has 0 aliphatic carbocycles. The lowest BCUT2D eigenvalue weighted by atomic mass is 10.1. The van der Waals surface area contributed by atoms with Crippen molar-refractivity contribution in [2.45, 2.75) is 34.2 Å². The fourth-order valence-corrected chi connectivity index (χ4v) is 1.84. The molecule has 0 N–H and O–H groups in total. The van der Waals surface area contributed by atoms with E-state index >= 15 is 0 Å². The first-order valence-electron chi connectivity index (χ1n) is 6.55. The number of hydrogen-bond donors (Lipinski definition) is 0. The SMILES string of the molecule is CC(C)CN(CC(C)C)C(=O)Cn1cc(C=O)nn1. The quantitative estimate of drug-likeness (QED) is 0.696. The molecule has 1 heterocycles. The molecule has 0 saturated heterocycles. The third-order valence-corrected chi connectivity index (χ3v) is 2.50. The molecular formula is C13H22N4O2. The molecule has 6 nitrogen and oxygen atoms in total. The van der Waals surface area contributed by atoms with Crippen molar-refractivity contribution in [3.05, 3.63) is 11.9 Å². The highest BCUT2D eigenvalue weighted by Crippen LogP contribution is 2.05. The summed E-state index contributed by atoms with van der Waals surface area (Å²) in [5, 5.41) is 7.40. The summed E-state index contributed by atoms with van der Waals surface area (Å²) in [7, 11) is 0. The summed E-state index contributed by atoms with van der Waals surface area (Å²) in [6.45, 7) is 9.92. The van der Waals surface area contributed by atoms with Crippen LogP contribution < -0.4 is 0 Å². The lowest BCUT2D eigenvalue weighted by Crippen LogP contribution is -2.39. The maximum absolute atomic E-state index is 12.2. The zero-order valence-electron chi connectivity index (χ0n) is 12.0. The van der Waals surface area contributed by atoms with E-state index in [9.17, 15) is 9.59 Å². The third kappa shape index (κ3) is 5.19. The van der Waals surface area contributed by atoms with Gasteiger partial charge in [0.2, 0.25) is 5.91 Å². The molecule has 0 unspecified atom stereocenters. The fourth-order valence-electron chi connectivity index (χ4n) is 1.84. The molecule has 0 bridgehead atoms. The molecule has 1 rings (SSSR count). The molecule has 1 aromatic heterocycles. The number of carbonyl (C=O) groups is 2. The van der Waals surface area contributed by atoms with Crippen LogP contribution in [0.4, 0.5) is 0 Å². The molecule has 6 heteroatoms. The van der Waals surface area contributed by atoms with Crippen LogP contribution in [0.15, 0.2) is 6.20 Å². The molecule has 106 valence electrons. The van der Waals surface area contributed by atoms with Crippen LogP contribution in [0.1, 0.15) is 38.2 Å². The van der Waals surface area contributed by atoms with Crippen LogP contribution in [0.3, 0.4) is 0 Å². The molecule has 1 amide bonds. The Labute approximate surface area is 113 Å². The van der Waals surface area contributed by atoms with Crippen molar-refractivity contribution in [1.29, 1.82) is 0 Å². The summed E-state index contributed by atoms with van der Waals surface area (Å²) in [6, 6.07) is 0. The van der Waals surface area contributed by atoms with Gasteiger partial charge in [-0.1, -0.05) is 32.9 Å². The maximum atomic E-state index is 12.2. The average molecular weight is 266 g/mol. The minimum absolute atomic E-state index is 0.00440. The van der Waals surface area contributed by atoms with Crippen LogP contribution in [-0.4, -0.2) is 45.2 Å². The molecule has 0 aliphatic rings. The summed E-state index contributed by atoms with van der Waals surface area (Å²) in [6.07, 6.45) is 2.10. The summed E-state index contributed by atoms with van der Waals surface area (Å²) in [5.74, 6) is 0.845. The van der Waals surface area contributed by atoms with E-state index < -0.39 is 0 Å². The zero-order chi connectivity index (χ0) is 14.4. The fraction of sp³-hybridized carbons (Fsp3) is 0.692. The number of aromatic nitrogens is 3. The number of rotatable bonds is 7. The molecular weight excluding hydrogens is 244 g/mol. The van der Waals surface area contributed by atoms with Crippen molar-refractivity contribution in [2.75, 3.05) is 13.1 Å². The second kappa shape index (κ2) is 7.01. The Morgan fingerprint density at radius 3 is 2.32 bits per heavy atom. The van der Waals surface area contributed by atoms with Crippen LogP contribution >= 0.6 is 0 Å². The van der Waals surface area contributed by atoms with Gasteiger partial charge in [0.05, 0.1) is 6.20 Å². The molecule has 1 aromatic rings. The highest BCUT2D eigenvalue weighted by atomic mass is 16.2. The van der Waals surface area contributed by atoms with Crippen LogP contribution in [0.5, 0.6) is 0 Å². The summed E-state index contributed by atoms with van der Waals surface area (Å²) < 4.78 is 1.40. The van der Waals surface area contributed by atoms with E-state index in [1.807, 2.05) is 4.90 Å². The molecule has 0 fully saturated rings. The predicted molar refractivity (Wildman–Crippen MR) is 71.7 cm³/mol. The van der Waals surface area contributed by atoms with Gasteiger partial charge in [0.1, 0.15) is 12.2 Å². The zero-order valence-corrected chi connectivity index (χ0v) is 12.0. The van der Waals surface area contributed by atoms with Gasteiger partial charge >= 0.3 is 0 Å². The maximum Gasteiger partial charge on any atom is 0.244 e. The van der Waals surface area contributed by atoms with Gasteiger partial charge in [0.25, 0.3) is 0 Å². The normalized spacial score (nSPS) is 11.1. The second-order valence-corrected chi connectivity index (χ2v) is 5.55. The first kappa shape index (κ1) is 15.3. The Hall–Kier alpha value is -1.72. The first-order chi connectivity index (χ1) is 8.92. The van der Waals surface area contributed by atoms with Crippen LogP contribution in [0, 0.1) is 11.8 Å². The molecule has 0 spiro atoms. The van der Waals surface area contributed by atoms with Crippen molar-refractivity contribution in [3.8, 4) is 0 Å². The van der Waals surface area contributed by atoms with Gasteiger partial charge in [-0.25, -0.2) is 4.68 Å². The van der Waals surface area contributed by atoms with Gasteiger partial charge in [-0.3, -0.25) is 9.59 Å². The highest BCUT2D eigenvalue weighted by molar-refractivity contribution is 5.76. The van der Waals surface area contributed by atoms with E-state index in [1.54, 1.807) is 0 Å². The minimum Gasteiger partial charge on any atom is -0.341 e. The van der Waals surface area contributed by atoms with Gasteiger partial charge in [-0.2, -0.15) is 0 Å². The summed E-state index contributed by atoms with van der Waals surface area (Å²) in [4.78, 5) is 24.6. The van der Waals surface area contributed by atoms with E-state index in [0.717, 1.165) is 13.1 Å². The number of hydrogen-bond acceptors (Lipinski definition) is 4. The molecule has 0 atom stereocenters. The van der Waals surface area contributed by atoms with Gasteiger partial charge in [0.15, 0.2) is 6.29 Å². The van der Waals surface area contributed by atoms with Gasteiger partial charge in [-0.15, -0.1) is 5.10 Å². The molecule has 0 saturated carbocycles. The predicted octanol–water partition coefficient (Wildman–Crippen LogP) is 1.23. The van der Waals surface area contributed by atoms with Crippen molar-refractivity contribution < 1.29 is 9.59 Å². The van der Waals surface area contributed by atoms with E-state index in [4.69, 9.17) is 0 Å². The highest BCUT2D eigenvalue weighted by Gasteiger charge is 2.17.